The van der Waals surface area contributed by atoms with Crippen LogP contribution in [0.15, 0.2) is 18.2 Å². The molecule has 0 saturated carbocycles. The second kappa shape index (κ2) is 5.29. The molecule has 92 valence electrons. The number of thiazole rings is 1. The van der Waals surface area contributed by atoms with Gasteiger partial charge in [0.1, 0.15) is 6.10 Å². The minimum atomic E-state index is -0.927. The number of nitrogens with two attached hydrogens (primary N) is 1. The van der Waals surface area contributed by atoms with Gasteiger partial charge in [-0.05, 0) is 30.7 Å². The average Bonchev–Trinajstić information content (AvgIpc) is 2.67. The number of aliphatic hydroxyl groups is 2. The minimum absolute atomic E-state index is 0.340. The number of aromatic nitrogens is 1. The van der Waals surface area contributed by atoms with Crippen molar-refractivity contribution in [2.45, 2.75) is 18.6 Å². The molecule has 0 spiro atoms. The first-order valence-corrected chi connectivity index (χ1v) is 6.43. The van der Waals surface area contributed by atoms with Crippen molar-refractivity contribution in [2.24, 2.45) is 5.73 Å². The monoisotopic (exact) mass is 272 g/mol. The molecule has 2 unspecified atom stereocenters. The highest BCUT2D eigenvalue weighted by molar-refractivity contribution is 7.22. The van der Waals surface area contributed by atoms with Gasteiger partial charge in [0.05, 0.1) is 16.3 Å². The Bertz CT molecular complexity index is 517. The van der Waals surface area contributed by atoms with E-state index in [1.165, 1.54) is 11.3 Å². The van der Waals surface area contributed by atoms with E-state index in [1.807, 2.05) is 0 Å². The van der Waals surface area contributed by atoms with E-state index in [-0.39, 0.29) is 0 Å². The third-order valence-electron chi connectivity index (χ3n) is 2.55. The van der Waals surface area contributed by atoms with Crippen molar-refractivity contribution in [1.29, 1.82) is 0 Å². The predicted molar refractivity (Wildman–Crippen MR) is 69.3 cm³/mol. The van der Waals surface area contributed by atoms with Crippen molar-refractivity contribution < 1.29 is 10.2 Å². The normalized spacial score (nSPS) is 15.1. The molecule has 1 heterocycles. The molecule has 0 amide bonds. The molecule has 2 rings (SSSR count). The molecule has 0 fully saturated rings. The highest BCUT2D eigenvalue weighted by Crippen LogP contribution is 2.29. The Balaban J connectivity index is 2.28. The van der Waals surface area contributed by atoms with Crippen LogP contribution in [-0.2, 0) is 0 Å². The Labute approximate surface area is 108 Å². The van der Waals surface area contributed by atoms with E-state index in [9.17, 15) is 10.2 Å². The Morgan fingerprint density at radius 1 is 1.41 bits per heavy atom. The lowest BCUT2D eigenvalue weighted by Gasteiger charge is -2.17. The average molecular weight is 273 g/mol. The maximum absolute atomic E-state index is 9.93. The van der Waals surface area contributed by atoms with Crippen molar-refractivity contribution in [3.8, 4) is 0 Å². The van der Waals surface area contributed by atoms with Crippen LogP contribution >= 0.6 is 22.9 Å². The van der Waals surface area contributed by atoms with Crippen LogP contribution in [0.25, 0.3) is 10.2 Å². The quantitative estimate of drug-likeness (QED) is 0.791. The Morgan fingerprint density at radius 2 is 2.18 bits per heavy atom. The Kier molecular flexibility index (Phi) is 3.96. The van der Waals surface area contributed by atoms with Crippen molar-refractivity contribution in [3.63, 3.8) is 0 Å². The summed E-state index contributed by atoms with van der Waals surface area (Å²) in [4.78, 5) is 4.11. The summed E-state index contributed by atoms with van der Waals surface area (Å²) in [6, 6.07) is 5.32. The fourth-order valence-electron chi connectivity index (χ4n) is 1.65. The molecular weight excluding hydrogens is 260 g/mol. The van der Waals surface area contributed by atoms with Gasteiger partial charge in [0.25, 0.3) is 0 Å². The van der Waals surface area contributed by atoms with Gasteiger partial charge in [-0.15, -0.1) is 11.3 Å². The van der Waals surface area contributed by atoms with Gasteiger partial charge < -0.3 is 15.9 Å². The van der Waals surface area contributed by atoms with Gasteiger partial charge in [0.2, 0.25) is 0 Å². The third-order valence-corrected chi connectivity index (χ3v) is 3.68. The molecule has 1 aromatic heterocycles. The number of rotatable bonds is 4. The van der Waals surface area contributed by atoms with E-state index in [0.29, 0.717) is 23.0 Å². The lowest BCUT2D eigenvalue weighted by molar-refractivity contribution is 0.0151. The van der Waals surface area contributed by atoms with Crippen LogP contribution in [0.3, 0.4) is 0 Å². The highest BCUT2D eigenvalue weighted by atomic mass is 35.5. The number of hydrogen-bond donors (Lipinski definition) is 3. The van der Waals surface area contributed by atoms with E-state index in [1.54, 1.807) is 18.2 Å². The van der Waals surface area contributed by atoms with Gasteiger partial charge in [0, 0.05) is 0 Å². The fraction of sp³-hybridized carbons (Fsp3) is 0.364. The number of benzene rings is 1. The van der Waals surface area contributed by atoms with Gasteiger partial charge in [0.15, 0.2) is 4.47 Å². The number of nitrogens with zero attached hydrogens (tertiary/aromatic N) is 1. The van der Waals surface area contributed by atoms with Crippen LogP contribution in [-0.4, -0.2) is 27.8 Å². The summed E-state index contributed by atoms with van der Waals surface area (Å²) in [6.07, 6.45) is -1.41. The summed E-state index contributed by atoms with van der Waals surface area (Å²) in [5.41, 5.74) is 6.79. The third kappa shape index (κ3) is 2.75. The molecule has 17 heavy (non-hydrogen) atoms. The molecule has 4 N–H and O–H groups in total. The Morgan fingerprint density at radius 3 is 2.88 bits per heavy atom. The van der Waals surface area contributed by atoms with Gasteiger partial charge in [-0.25, -0.2) is 4.98 Å². The lowest BCUT2D eigenvalue weighted by atomic mass is 10.0. The van der Waals surface area contributed by atoms with Crippen LogP contribution in [0.5, 0.6) is 0 Å². The summed E-state index contributed by atoms with van der Waals surface area (Å²) in [5, 5.41) is 19.6. The summed E-state index contributed by atoms with van der Waals surface area (Å²) in [6.45, 7) is 0.340. The second-order valence-corrected chi connectivity index (χ2v) is 5.40. The summed E-state index contributed by atoms with van der Waals surface area (Å²) < 4.78 is 1.36. The maximum atomic E-state index is 9.93. The van der Waals surface area contributed by atoms with E-state index in [2.05, 4.69) is 4.98 Å². The molecule has 0 bridgehead atoms. The molecule has 1 aromatic carbocycles. The van der Waals surface area contributed by atoms with Crippen LogP contribution in [0.4, 0.5) is 0 Å². The molecule has 4 nitrogen and oxygen atoms in total. The predicted octanol–water partition coefficient (Wildman–Crippen LogP) is 1.69. The zero-order valence-electron chi connectivity index (χ0n) is 9.01. The molecule has 0 saturated heterocycles. The van der Waals surface area contributed by atoms with Gasteiger partial charge in [-0.2, -0.15) is 0 Å². The first kappa shape index (κ1) is 12.7. The van der Waals surface area contributed by atoms with Crippen LogP contribution in [0.1, 0.15) is 18.1 Å². The molecule has 0 aliphatic carbocycles. The fourth-order valence-corrected chi connectivity index (χ4v) is 2.73. The highest BCUT2D eigenvalue weighted by Gasteiger charge is 2.18. The van der Waals surface area contributed by atoms with E-state index in [0.717, 1.165) is 10.2 Å². The molecule has 0 aliphatic heterocycles. The molecule has 0 aliphatic rings. The zero-order valence-corrected chi connectivity index (χ0v) is 10.6. The van der Waals surface area contributed by atoms with Crippen molar-refractivity contribution in [2.75, 3.05) is 6.54 Å². The first-order valence-electron chi connectivity index (χ1n) is 5.24. The van der Waals surface area contributed by atoms with Gasteiger partial charge >= 0.3 is 0 Å². The van der Waals surface area contributed by atoms with E-state index >= 15 is 0 Å². The number of hydrogen-bond acceptors (Lipinski definition) is 5. The summed E-state index contributed by atoms with van der Waals surface area (Å²) in [7, 11) is 0. The number of fused-ring (bicyclic) bond motifs is 1. The maximum Gasteiger partial charge on any atom is 0.184 e. The first-order chi connectivity index (χ1) is 8.11. The molecular formula is C11H13ClN2O2S. The topological polar surface area (TPSA) is 79.4 Å². The van der Waals surface area contributed by atoms with Crippen molar-refractivity contribution >= 4 is 33.2 Å². The number of aliphatic hydroxyl groups excluding tert-OH is 2. The van der Waals surface area contributed by atoms with Crippen molar-refractivity contribution in [1.82, 2.24) is 4.98 Å². The standard InChI is InChI=1S/C11H13ClN2O2S/c12-11-14-7-2-1-6(5-9(7)17-11)10(16)8(15)3-4-13/h1-2,5,8,10,15-16H,3-4,13H2. The van der Waals surface area contributed by atoms with Crippen LogP contribution < -0.4 is 5.73 Å². The van der Waals surface area contributed by atoms with Gasteiger partial charge in [-0.1, -0.05) is 17.7 Å². The Hall–Kier alpha value is -0.720. The lowest BCUT2D eigenvalue weighted by Crippen LogP contribution is -2.21. The number of halogens is 1. The molecule has 2 atom stereocenters. The van der Waals surface area contributed by atoms with Gasteiger partial charge in [-0.3, -0.25) is 0 Å². The molecule has 0 radical (unpaired) electrons. The molecule has 2 aromatic rings. The SMILES string of the molecule is NCCC(O)C(O)c1ccc2nc(Cl)sc2c1. The van der Waals surface area contributed by atoms with Crippen LogP contribution in [0, 0.1) is 0 Å². The van der Waals surface area contributed by atoms with Crippen LogP contribution in [0.2, 0.25) is 4.47 Å². The van der Waals surface area contributed by atoms with Crippen molar-refractivity contribution in [3.05, 3.63) is 28.2 Å². The summed E-state index contributed by atoms with van der Waals surface area (Å²) in [5.74, 6) is 0. The second-order valence-electron chi connectivity index (χ2n) is 3.78. The summed E-state index contributed by atoms with van der Waals surface area (Å²) >= 11 is 7.15. The van der Waals surface area contributed by atoms with E-state index in [4.69, 9.17) is 17.3 Å². The van der Waals surface area contributed by atoms with E-state index < -0.39 is 12.2 Å². The largest absolute Gasteiger partial charge is 0.390 e. The minimum Gasteiger partial charge on any atom is -0.390 e. The molecule has 6 heteroatoms. The zero-order chi connectivity index (χ0) is 12.4. The smallest absolute Gasteiger partial charge is 0.184 e.